The van der Waals surface area contributed by atoms with Crippen LogP contribution in [0.5, 0.6) is 0 Å². The van der Waals surface area contributed by atoms with Gasteiger partial charge in [0.05, 0.1) is 11.1 Å². The second-order valence-electron chi connectivity index (χ2n) is 3.79. The minimum atomic E-state index is -1.13. The van der Waals surface area contributed by atoms with Gasteiger partial charge in [-0.15, -0.1) is 0 Å². The second-order valence-corrected chi connectivity index (χ2v) is 3.79. The number of hydroxylamine groups is 2. The summed E-state index contributed by atoms with van der Waals surface area (Å²) in [7, 11) is 0. The lowest BCUT2D eigenvalue weighted by molar-refractivity contribution is -0.171. The van der Waals surface area contributed by atoms with Gasteiger partial charge < -0.3 is 10.2 Å². The molecular weight excluding hydrogens is 270 g/mol. The Bertz CT molecular complexity index is 521. The van der Waals surface area contributed by atoms with Crippen LogP contribution in [0.3, 0.4) is 0 Å². The zero-order valence-corrected chi connectivity index (χ0v) is 10.1. The van der Waals surface area contributed by atoms with E-state index in [2.05, 4.69) is 0 Å². The molecule has 1 aliphatic heterocycles. The van der Waals surface area contributed by atoms with Crippen LogP contribution in [-0.4, -0.2) is 44.2 Å². The second kappa shape index (κ2) is 6.43. The summed E-state index contributed by atoms with van der Waals surface area (Å²) < 4.78 is 0. The molecule has 20 heavy (non-hydrogen) atoms. The first-order valence-corrected chi connectivity index (χ1v) is 5.44. The van der Waals surface area contributed by atoms with Crippen LogP contribution >= 0.6 is 0 Å². The molecule has 1 aromatic carbocycles. The van der Waals surface area contributed by atoms with Crippen LogP contribution in [0.2, 0.25) is 0 Å². The Hall–Kier alpha value is -2.74. The van der Waals surface area contributed by atoms with Crippen LogP contribution in [0.15, 0.2) is 24.3 Å². The van der Waals surface area contributed by atoms with Crippen molar-refractivity contribution in [1.29, 1.82) is 0 Å². The molecular formula is C12H11NO7. The fraction of sp³-hybridized carbons (Fsp3) is 0.167. The molecule has 0 spiro atoms. The zero-order valence-electron chi connectivity index (χ0n) is 10.1. The summed E-state index contributed by atoms with van der Waals surface area (Å²) >= 11 is 0. The number of carbonyl (C=O) groups is 4. The Balaban J connectivity index is 0.000000217. The number of rotatable bonds is 2. The van der Waals surface area contributed by atoms with Crippen molar-refractivity contribution < 1.29 is 34.6 Å². The van der Waals surface area contributed by atoms with E-state index in [1.165, 1.54) is 18.2 Å². The first kappa shape index (κ1) is 15.3. The van der Waals surface area contributed by atoms with Gasteiger partial charge in [-0.25, -0.2) is 9.59 Å². The predicted molar refractivity (Wildman–Crippen MR) is 63.2 cm³/mol. The molecule has 1 heterocycles. The molecule has 3 N–H and O–H groups in total. The van der Waals surface area contributed by atoms with E-state index in [-0.39, 0.29) is 29.0 Å². The first-order chi connectivity index (χ1) is 9.32. The molecule has 8 nitrogen and oxygen atoms in total. The summed E-state index contributed by atoms with van der Waals surface area (Å²) in [6.45, 7) is 0. The quantitative estimate of drug-likeness (QED) is 0.534. The summed E-state index contributed by atoms with van der Waals surface area (Å²) in [5, 5.41) is 25.6. The van der Waals surface area contributed by atoms with Gasteiger partial charge in [-0.2, -0.15) is 5.06 Å². The molecule has 0 atom stereocenters. The zero-order chi connectivity index (χ0) is 15.3. The number of carboxylic acids is 2. The van der Waals surface area contributed by atoms with E-state index >= 15 is 0 Å². The highest BCUT2D eigenvalue weighted by atomic mass is 16.5. The fourth-order valence-electron chi connectivity index (χ4n) is 1.35. The van der Waals surface area contributed by atoms with E-state index in [1.54, 1.807) is 0 Å². The number of carbonyl (C=O) groups excluding carboxylic acids is 2. The highest BCUT2D eigenvalue weighted by Crippen LogP contribution is 2.07. The molecule has 1 fully saturated rings. The third-order valence-electron chi connectivity index (χ3n) is 2.38. The van der Waals surface area contributed by atoms with Gasteiger partial charge in [-0.05, 0) is 18.2 Å². The molecule has 1 saturated heterocycles. The van der Waals surface area contributed by atoms with Crippen molar-refractivity contribution in [2.24, 2.45) is 0 Å². The molecule has 2 amide bonds. The number of carboxylic acid groups (broad SMARTS) is 2. The monoisotopic (exact) mass is 281 g/mol. The highest BCUT2D eigenvalue weighted by molar-refractivity contribution is 6.00. The van der Waals surface area contributed by atoms with Crippen molar-refractivity contribution in [1.82, 2.24) is 5.06 Å². The van der Waals surface area contributed by atoms with Gasteiger partial charge in [0.25, 0.3) is 11.8 Å². The summed E-state index contributed by atoms with van der Waals surface area (Å²) in [4.78, 5) is 41.2. The average Bonchev–Trinajstić information content (AvgIpc) is 2.71. The van der Waals surface area contributed by atoms with Gasteiger partial charge in [0.15, 0.2) is 0 Å². The first-order valence-electron chi connectivity index (χ1n) is 5.44. The van der Waals surface area contributed by atoms with Gasteiger partial charge in [0.1, 0.15) is 0 Å². The van der Waals surface area contributed by atoms with Crippen LogP contribution < -0.4 is 0 Å². The molecule has 1 aliphatic rings. The van der Waals surface area contributed by atoms with E-state index in [4.69, 9.17) is 15.4 Å². The van der Waals surface area contributed by atoms with Gasteiger partial charge in [-0.1, -0.05) is 6.07 Å². The standard InChI is InChI=1S/C8H6O4.C4H5NO3/c9-7(10)5-2-1-3-6(4-5)8(11)12;6-3-1-2-4(7)5(3)8/h1-4H,(H,9,10)(H,11,12);8H,1-2H2. The number of hydrogen-bond acceptors (Lipinski definition) is 5. The lowest BCUT2D eigenvalue weighted by Crippen LogP contribution is -2.24. The number of benzene rings is 1. The summed E-state index contributed by atoms with van der Waals surface area (Å²) in [5.41, 5.74) is -0.0372. The molecule has 106 valence electrons. The predicted octanol–water partition coefficient (Wildman–Crippen LogP) is 0.608. The van der Waals surface area contributed by atoms with Crippen molar-refractivity contribution in [3.05, 3.63) is 35.4 Å². The minimum Gasteiger partial charge on any atom is -0.478 e. The average molecular weight is 281 g/mol. The minimum absolute atomic E-state index is 0.0186. The molecule has 0 bridgehead atoms. The lowest BCUT2D eigenvalue weighted by atomic mass is 10.1. The maximum absolute atomic E-state index is 10.4. The van der Waals surface area contributed by atoms with E-state index in [1.807, 2.05) is 0 Å². The Morgan fingerprint density at radius 2 is 1.35 bits per heavy atom. The van der Waals surface area contributed by atoms with Gasteiger partial charge in [0.2, 0.25) is 0 Å². The third kappa shape index (κ3) is 3.89. The van der Waals surface area contributed by atoms with Crippen molar-refractivity contribution in [2.45, 2.75) is 12.8 Å². The van der Waals surface area contributed by atoms with E-state index in [0.717, 1.165) is 6.07 Å². The highest BCUT2D eigenvalue weighted by Gasteiger charge is 2.26. The Morgan fingerprint density at radius 3 is 1.60 bits per heavy atom. The molecule has 0 saturated carbocycles. The maximum Gasteiger partial charge on any atom is 0.335 e. The topological polar surface area (TPSA) is 132 Å². The van der Waals surface area contributed by atoms with E-state index in [9.17, 15) is 19.2 Å². The third-order valence-corrected chi connectivity index (χ3v) is 2.38. The van der Waals surface area contributed by atoms with Crippen LogP contribution in [-0.2, 0) is 9.59 Å². The normalized spacial score (nSPS) is 13.8. The SMILES string of the molecule is O=C(O)c1cccc(C(=O)O)c1.O=C1CCC(=O)N1O. The lowest BCUT2D eigenvalue weighted by Gasteiger charge is -1.98. The number of amides is 2. The van der Waals surface area contributed by atoms with Gasteiger partial charge in [0, 0.05) is 12.8 Å². The number of hydrogen-bond donors (Lipinski definition) is 3. The van der Waals surface area contributed by atoms with Gasteiger partial charge in [-0.3, -0.25) is 14.8 Å². The summed E-state index contributed by atoms with van der Waals surface area (Å²) in [5.74, 6) is -3.26. The molecule has 0 radical (unpaired) electrons. The molecule has 1 aromatic rings. The van der Waals surface area contributed by atoms with E-state index < -0.39 is 23.8 Å². The molecule has 2 rings (SSSR count). The molecule has 0 unspecified atom stereocenters. The molecule has 0 aliphatic carbocycles. The Morgan fingerprint density at radius 1 is 0.950 bits per heavy atom. The molecule has 8 heteroatoms. The number of nitrogens with zero attached hydrogens (tertiary/aromatic N) is 1. The summed E-state index contributed by atoms with van der Waals surface area (Å²) in [6, 6.07) is 5.20. The van der Waals surface area contributed by atoms with Crippen molar-refractivity contribution in [3.63, 3.8) is 0 Å². The van der Waals surface area contributed by atoms with Crippen LogP contribution in [0.25, 0.3) is 0 Å². The van der Waals surface area contributed by atoms with Crippen LogP contribution in [0.1, 0.15) is 33.6 Å². The van der Waals surface area contributed by atoms with Crippen molar-refractivity contribution in [2.75, 3.05) is 0 Å². The van der Waals surface area contributed by atoms with Gasteiger partial charge >= 0.3 is 11.9 Å². The largest absolute Gasteiger partial charge is 0.478 e. The number of aromatic carboxylic acids is 2. The number of imide groups is 1. The molecule has 0 aromatic heterocycles. The fourth-order valence-corrected chi connectivity index (χ4v) is 1.35. The van der Waals surface area contributed by atoms with Crippen LogP contribution in [0, 0.1) is 0 Å². The Labute approximate surface area is 112 Å². The Kier molecular flexibility index (Phi) is 4.93. The van der Waals surface area contributed by atoms with Crippen molar-refractivity contribution >= 4 is 23.8 Å². The smallest absolute Gasteiger partial charge is 0.335 e. The maximum atomic E-state index is 10.4. The van der Waals surface area contributed by atoms with Crippen molar-refractivity contribution in [3.8, 4) is 0 Å². The van der Waals surface area contributed by atoms with E-state index in [0.29, 0.717) is 0 Å². The van der Waals surface area contributed by atoms with Crippen LogP contribution in [0.4, 0.5) is 0 Å². The summed E-state index contributed by atoms with van der Waals surface area (Å²) in [6.07, 6.45) is 0.296.